The SMILES string of the molecule is O=C(Cn1ccc2ccccc21)N1CC[C@@H](Oc2ncc(F)cn2)C1. The minimum absolute atomic E-state index is 0.0486. The zero-order chi connectivity index (χ0) is 17.2. The fourth-order valence-corrected chi connectivity index (χ4v) is 3.09. The van der Waals surface area contributed by atoms with E-state index in [4.69, 9.17) is 4.74 Å². The first-order valence-corrected chi connectivity index (χ1v) is 8.15. The number of benzene rings is 1. The van der Waals surface area contributed by atoms with Gasteiger partial charge in [0.1, 0.15) is 12.6 Å². The molecule has 2 aromatic heterocycles. The van der Waals surface area contributed by atoms with Crippen molar-refractivity contribution in [3.05, 3.63) is 54.7 Å². The molecule has 0 radical (unpaired) electrons. The van der Waals surface area contributed by atoms with Gasteiger partial charge in [-0.05, 0) is 17.5 Å². The second kappa shape index (κ2) is 6.51. The highest BCUT2D eigenvalue weighted by Crippen LogP contribution is 2.18. The summed E-state index contributed by atoms with van der Waals surface area (Å²) in [5, 5.41) is 1.12. The number of carbonyl (C=O) groups is 1. The number of hydrogen-bond acceptors (Lipinski definition) is 4. The zero-order valence-corrected chi connectivity index (χ0v) is 13.5. The van der Waals surface area contributed by atoms with Crippen LogP contribution in [-0.2, 0) is 11.3 Å². The fraction of sp³-hybridized carbons (Fsp3) is 0.278. The number of ether oxygens (including phenoxy) is 1. The molecule has 3 aromatic rings. The van der Waals surface area contributed by atoms with E-state index in [2.05, 4.69) is 9.97 Å². The molecule has 6 nitrogen and oxygen atoms in total. The monoisotopic (exact) mass is 340 g/mol. The molecule has 0 aliphatic carbocycles. The average molecular weight is 340 g/mol. The molecule has 0 unspecified atom stereocenters. The van der Waals surface area contributed by atoms with Gasteiger partial charge in [0.2, 0.25) is 5.91 Å². The van der Waals surface area contributed by atoms with Crippen molar-refractivity contribution in [2.24, 2.45) is 0 Å². The lowest BCUT2D eigenvalue weighted by atomic mass is 10.2. The molecule has 1 aliphatic rings. The number of para-hydroxylation sites is 1. The van der Waals surface area contributed by atoms with Crippen molar-refractivity contribution in [3.63, 3.8) is 0 Å². The van der Waals surface area contributed by atoms with E-state index >= 15 is 0 Å². The van der Waals surface area contributed by atoms with Crippen LogP contribution >= 0.6 is 0 Å². The Balaban J connectivity index is 1.38. The van der Waals surface area contributed by atoms with Crippen LogP contribution in [0.25, 0.3) is 10.9 Å². The lowest BCUT2D eigenvalue weighted by Crippen LogP contribution is -2.33. The summed E-state index contributed by atoms with van der Waals surface area (Å²) in [5.41, 5.74) is 1.04. The van der Waals surface area contributed by atoms with Gasteiger partial charge in [-0.1, -0.05) is 18.2 Å². The zero-order valence-electron chi connectivity index (χ0n) is 13.5. The third-order valence-corrected chi connectivity index (χ3v) is 4.35. The van der Waals surface area contributed by atoms with E-state index in [0.717, 1.165) is 23.3 Å². The summed E-state index contributed by atoms with van der Waals surface area (Å²) in [6, 6.07) is 10.1. The van der Waals surface area contributed by atoms with Crippen molar-refractivity contribution in [1.29, 1.82) is 0 Å². The number of aromatic nitrogens is 3. The highest BCUT2D eigenvalue weighted by molar-refractivity contribution is 5.83. The molecule has 25 heavy (non-hydrogen) atoms. The lowest BCUT2D eigenvalue weighted by molar-refractivity contribution is -0.131. The van der Waals surface area contributed by atoms with Crippen molar-refractivity contribution >= 4 is 16.8 Å². The minimum atomic E-state index is -0.505. The molecule has 3 heterocycles. The van der Waals surface area contributed by atoms with Crippen molar-refractivity contribution < 1.29 is 13.9 Å². The van der Waals surface area contributed by atoms with E-state index in [-0.39, 0.29) is 18.0 Å². The van der Waals surface area contributed by atoms with Crippen LogP contribution in [0.1, 0.15) is 6.42 Å². The minimum Gasteiger partial charge on any atom is -0.458 e. The Morgan fingerprint density at radius 3 is 2.88 bits per heavy atom. The van der Waals surface area contributed by atoms with Gasteiger partial charge in [-0.15, -0.1) is 0 Å². The largest absolute Gasteiger partial charge is 0.458 e. The highest BCUT2D eigenvalue weighted by Gasteiger charge is 2.28. The van der Waals surface area contributed by atoms with Gasteiger partial charge in [0.15, 0.2) is 5.82 Å². The highest BCUT2D eigenvalue weighted by atomic mass is 19.1. The summed E-state index contributed by atoms with van der Waals surface area (Å²) in [4.78, 5) is 21.9. The van der Waals surface area contributed by atoms with E-state index in [1.165, 1.54) is 0 Å². The maximum Gasteiger partial charge on any atom is 0.316 e. The number of rotatable bonds is 4. The number of hydrogen-bond donors (Lipinski definition) is 0. The van der Waals surface area contributed by atoms with Crippen molar-refractivity contribution in [2.45, 2.75) is 19.1 Å². The second-order valence-corrected chi connectivity index (χ2v) is 6.05. The third-order valence-electron chi connectivity index (χ3n) is 4.35. The van der Waals surface area contributed by atoms with Crippen molar-refractivity contribution in [3.8, 4) is 6.01 Å². The second-order valence-electron chi connectivity index (χ2n) is 6.05. The third kappa shape index (κ3) is 3.31. The van der Waals surface area contributed by atoms with E-state index in [1.807, 2.05) is 41.1 Å². The van der Waals surface area contributed by atoms with E-state index in [1.54, 1.807) is 4.90 Å². The van der Waals surface area contributed by atoms with Crippen LogP contribution in [0.2, 0.25) is 0 Å². The number of halogens is 1. The van der Waals surface area contributed by atoms with Crippen molar-refractivity contribution in [2.75, 3.05) is 13.1 Å². The van der Waals surface area contributed by atoms with Crippen LogP contribution in [0, 0.1) is 5.82 Å². The molecule has 7 heteroatoms. The number of fused-ring (bicyclic) bond motifs is 1. The van der Waals surface area contributed by atoms with Gasteiger partial charge in [0, 0.05) is 24.7 Å². The Kier molecular flexibility index (Phi) is 4.05. The standard InChI is InChI=1S/C18H17FN4O2/c19-14-9-20-18(21-10-14)25-15-6-8-23(11-15)17(24)12-22-7-5-13-3-1-2-4-16(13)22/h1-5,7,9-10,15H,6,8,11-12H2/t15-/m1/s1. The van der Waals surface area contributed by atoms with Gasteiger partial charge in [0.25, 0.3) is 0 Å². The molecule has 1 aliphatic heterocycles. The molecule has 0 spiro atoms. The average Bonchev–Trinajstić information content (AvgIpc) is 3.25. The van der Waals surface area contributed by atoms with Gasteiger partial charge in [-0.3, -0.25) is 4.79 Å². The molecule has 128 valence electrons. The Bertz CT molecular complexity index is 893. The Morgan fingerprint density at radius 1 is 1.24 bits per heavy atom. The fourth-order valence-electron chi connectivity index (χ4n) is 3.09. The number of amides is 1. The van der Waals surface area contributed by atoms with Crippen LogP contribution in [0.3, 0.4) is 0 Å². The van der Waals surface area contributed by atoms with E-state index in [9.17, 15) is 9.18 Å². The Morgan fingerprint density at radius 2 is 2.04 bits per heavy atom. The van der Waals surface area contributed by atoms with Crippen LogP contribution in [-0.4, -0.2) is 44.5 Å². The smallest absolute Gasteiger partial charge is 0.316 e. The summed E-state index contributed by atoms with van der Waals surface area (Å²) in [6.07, 6.45) is 4.60. The molecular weight excluding hydrogens is 323 g/mol. The molecule has 1 atom stereocenters. The first-order valence-electron chi connectivity index (χ1n) is 8.15. The summed E-state index contributed by atoms with van der Waals surface area (Å²) in [7, 11) is 0. The molecule has 1 aromatic carbocycles. The number of carbonyl (C=O) groups excluding carboxylic acids is 1. The lowest BCUT2D eigenvalue weighted by Gasteiger charge is -2.17. The molecule has 4 rings (SSSR count). The first kappa shape index (κ1) is 15.6. The van der Waals surface area contributed by atoms with E-state index in [0.29, 0.717) is 26.1 Å². The van der Waals surface area contributed by atoms with Crippen LogP contribution < -0.4 is 4.74 Å². The number of likely N-dealkylation sites (tertiary alicyclic amines) is 1. The predicted octanol–water partition coefficient (Wildman–Crippen LogP) is 2.25. The molecule has 1 amide bonds. The van der Waals surface area contributed by atoms with Gasteiger partial charge >= 0.3 is 6.01 Å². The summed E-state index contributed by atoms with van der Waals surface area (Å²) < 4.78 is 20.4. The normalized spacial score (nSPS) is 17.2. The summed E-state index contributed by atoms with van der Waals surface area (Å²) >= 11 is 0. The molecule has 0 bridgehead atoms. The van der Waals surface area contributed by atoms with Crippen molar-refractivity contribution in [1.82, 2.24) is 19.4 Å². The topological polar surface area (TPSA) is 60.2 Å². The molecule has 0 saturated carbocycles. The molecule has 0 N–H and O–H groups in total. The Labute approximate surface area is 143 Å². The molecule has 1 fully saturated rings. The number of nitrogens with zero attached hydrogens (tertiary/aromatic N) is 4. The summed E-state index contributed by atoms with van der Waals surface area (Å²) in [6.45, 7) is 1.41. The maximum atomic E-state index is 12.8. The Hall–Kier alpha value is -2.96. The van der Waals surface area contributed by atoms with E-state index < -0.39 is 5.82 Å². The van der Waals surface area contributed by atoms with Crippen LogP contribution in [0.5, 0.6) is 6.01 Å². The predicted molar refractivity (Wildman–Crippen MR) is 89.5 cm³/mol. The quantitative estimate of drug-likeness (QED) is 0.731. The summed E-state index contributed by atoms with van der Waals surface area (Å²) in [5.74, 6) is -0.456. The van der Waals surface area contributed by atoms with Gasteiger partial charge < -0.3 is 14.2 Å². The molecular formula is C18H17FN4O2. The van der Waals surface area contributed by atoms with Gasteiger partial charge in [0.05, 0.1) is 18.9 Å². The maximum absolute atomic E-state index is 12.8. The molecule has 1 saturated heterocycles. The van der Waals surface area contributed by atoms with Gasteiger partial charge in [-0.2, -0.15) is 0 Å². The first-order chi connectivity index (χ1) is 12.2. The van der Waals surface area contributed by atoms with Crippen LogP contribution in [0.4, 0.5) is 4.39 Å². The van der Waals surface area contributed by atoms with Gasteiger partial charge in [-0.25, -0.2) is 14.4 Å². The van der Waals surface area contributed by atoms with Crippen LogP contribution in [0.15, 0.2) is 48.9 Å².